The van der Waals surface area contributed by atoms with Crippen molar-refractivity contribution < 1.29 is 9.53 Å². The van der Waals surface area contributed by atoms with E-state index in [2.05, 4.69) is 11.1 Å². The molecule has 2 aliphatic rings. The molecular formula is C15H19N3O2S. The molecule has 0 spiro atoms. The lowest BCUT2D eigenvalue weighted by atomic mass is 10.1. The SMILES string of the molecule is N#Cc1c[nH]c(C(=O)N(C[C@@H]2CCCO2)[C@@H]2CCSC2)c1. The fraction of sp³-hybridized carbons (Fsp3) is 0.600. The number of nitrogens with zero attached hydrogens (tertiary/aromatic N) is 2. The van der Waals surface area contributed by atoms with Crippen LogP contribution in [0, 0.1) is 11.3 Å². The van der Waals surface area contributed by atoms with Crippen LogP contribution in [-0.4, -0.2) is 52.6 Å². The second-order valence-electron chi connectivity index (χ2n) is 5.52. The first-order chi connectivity index (χ1) is 10.3. The lowest BCUT2D eigenvalue weighted by molar-refractivity contribution is 0.0438. The highest BCUT2D eigenvalue weighted by atomic mass is 32.2. The van der Waals surface area contributed by atoms with Crippen LogP contribution in [0.1, 0.15) is 35.3 Å². The van der Waals surface area contributed by atoms with Gasteiger partial charge in [0, 0.05) is 31.1 Å². The van der Waals surface area contributed by atoms with E-state index < -0.39 is 0 Å². The third-order valence-corrected chi connectivity index (χ3v) is 5.22. The van der Waals surface area contributed by atoms with Gasteiger partial charge in [-0.25, -0.2) is 0 Å². The molecule has 2 atom stereocenters. The van der Waals surface area contributed by atoms with Gasteiger partial charge in [0.15, 0.2) is 0 Å². The largest absolute Gasteiger partial charge is 0.376 e. The molecule has 6 heteroatoms. The Kier molecular flexibility index (Phi) is 4.51. The molecule has 112 valence electrons. The average Bonchev–Trinajstić information content (AvgIpc) is 3.25. The number of ether oxygens (including phenoxy) is 1. The molecule has 0 bridgehead atoms. The van der Waals surface area contributed by atoms with Gasteiger partial charge in [0.2, 0.25) is 0 Å². The number of hydrogen-bond donors (Lipinski definition) is 1. The number of hydrogen-bond acceptors (Lipinski definition) is 4. The zero-order chi connectivity index (χ0) is 14.7. The lowest BCUT2D eigenvalue weighted by Gasteiger charge is -2.30. The maximum atomic E-state index is 12.8. The maximum Gasteiger partial charge on any atom is 0.270 e. The van der Waals surface area contributed by atoms with Gasteiger partial charge in [0.1, 0.15) is 11.8 Å². The van der Waals surface area contributed by atoms with Gasteiger partial charge in [-0.1, -0.05) is 0 Å². The van der Waals surface area contributed by atoms with Crippen LogP contribution in [0.15, 0.2) is 12.3 Å². The highest BCUT2D eigenvalue weighted by Crippen LogP contribution is 2.25. The molecule has 1 amide bonds. The van der Waals surface area contributed by atoms with E-state index in [1.165, 1.54) is 0 Å². The van der Waals surface area contributed by atoms with Crippen molar-refractivity contribution >= 4 is 17.7 Å². The average molecular weight is 305 g/mol. The summed E-state index contributed by atoms with van der Waals surface area (Å²) in [5, 5.41) is 8.89. The van der Waals surface area contributed by atoms with Gasteiger partial charge < -0.3 is 14.6 Å². The van der Waals surface area contributed by atoms with E-state index in [0.717, 1.165) is 37.4 Å². The monoisotopic (exact) mass is 305 g/mol. The summed E-state index contributed by atoms with van der Waals surface area (Å²) in [6.45, 7) is 1.46. The number of carbonyl (C=O) groups excluding carboxylic acids is 1. The van der Waals surface area contributed by atoms with Crippen LogP contribution in [-0.2, 0) is 4.74 Å². The minimum absolute atomic E-state index is 0.0144. The summed E-state index contributed by atoms with van der Waals surface area (Å²) < 4.78 is 5.69. The summed E-state index contributed by atoms with van der Waals surface area (Å²) in [4.78, 5) is 17.6. The van der Waals surface area contributed by atoms with E-state index in [-0.39, 0.29) is 18.1 Å². The molecule has 2 saturated heterocycles. The van der Waals surface area contributed by atoms with Crippen LogP contribution in [0.2, 0.25) is 0 Å². The molecule has 3 rings (SSSR count). The first kappa shape index (κ1) is 14.5. The van der Waals surface area contributed by atoms with E-state index in [1.54, 1.807) is 12.3 Å². The van der Waals surface area contributed by atoms with Crippen molar-refractivity contribution in [3.05, 3.63) is 23.5 Å². The molecule has 5 nitrogen and oxygen atoms in total. The van der Waals surface area contributed by atoms with Crippen molar-refractivity contribution in [2.24, 2.45) is 0 Å². The Balaban J connectivity index is 1.76. The van der Waals surface area contributed by atoms with Crippen molar-refractivity contribution in [1.29, 1.82) is 5.26 Å². The molecule has 0 saturated carbocycles. The van der Waals surface area contributed by atoms with Gasteiger partial charge in [-0.2, -0.15) is 17.0 Å². The molecule has 21 heavy (non-hydrogen) atoms. The van der Waals surface area contributed by atoms with Gasteiger partial charge >= 0.3 is 0 Å². The molecule has 1 aromatic rings. The van der Waals surface area contributed by atoms with Crippen LogP contribution < -0.4 is 0 Å². The van der Waals surface area contributed by atoms with E-state index in [4.69, 9.17) is 10.00 Å². The summed E-state index contributed by atoms with van der Waals surface area (Å²) >= 11 is 1.89. The standard InChI is InChI=1S/C15H19N3O2S/c16-7-11-6-14(17-8-11)15(19)18(12-3-5-21-10-12)9-13-2-1-4-20-13/h6,8,12-13,17H,1-5,9-10H2/t12-,13+/m1/s1. The highest BCUT2D eigenvalue weighted by molar-refractivity contribution is 7.99. The van der Waals surface area contributed by atoms with Crippen molar-refractivity contribution in [3.63, 3.8) is 0 Å². The van der Waals surface area contributed by atoms with Crippen LogP contribution in [0.3, 0.4) is 0 Å². The van der Waals surface area contributed by atoms with Crippen molar-refractivity contribution in [2.45, 2.75) is 31.4 Å². The molecule has 2 fully saturated rings. The maximum absolute atomic E-state index is 12.8. The molecule has 0 radical (unpaired) electrons. The predicted octanol–water partition coefficient (Wildman–Crippen LogP) is 2.01. The fourth-order valence-corrected chi connectivity index (χ4v) is 4.13. The predicted molar refractivity (Wildman–Crippen MR) is 81.2 cm³/mol. The topological polar surface area (TPSA) is 69.1 Å². The first-order valence-electron chi connectivity index (χ1n) is 7.37. The molecule has 3 heterocycles. The number of thioether (sulfide) groups is 1. The van der Waals surface area contributed by atoms with Gasteiger partial charge in [-0.05, 0) is 31.1 Å². The Morgan fingerprint density at radius 2 is 2.48 bits per heavy atom. The smallest absolute Gasteiger partial charge is 0.270 e. The normalized spacial score (nSPS) is 24.9. The second kappa shape index (κ2) is 6.54. The Morgan fingerprint density at radius 3 is 3.10 bits per heavy atom. The minimum atomic E-state index is -0.0144. The number of aromatic nitrogens is 1. The van der Waals surface area contributed by atoms with Crippen LogP contribution >= 0.6 is 11.8 Å². The molecule has 0 unspecified atom stereocenters. The number of amides is 1. The Hall–Kier alpha value is -1.45. The van der Waals surface area contributed by atoms with E-state index in [0.29, 0.717) is 17.8 Å². The summed E-state index contributed by atoms with van der Waals surface area (Å²) in [6, 6.07) is 3.96. The second-order valence-corrected chi connectivity index (χ2v) is 6.67. The molecular weight excluding hydrogens is 286 g/mol. The third kappa shape index (κ3) is 3.25. The van der Waals surface area contributed by atoms with Gasteiger partial charge in [0.25, 0.3) is 5.91 Å². The number of aromatic amines is 1. The van der Waals surface area contributed by atoms with Gasteiger partial charge in [-0.15, -0.1) is 0 Å². The van der Waals surface area contributed by atoms with Crippen molar-refractivity contribution in [3.8, 4) is 6.07 Å². The number of rotatable bonds is 4. The van der Waals surface area contributed by atoms with Gasteiger partial charge in [0.05, 0.1) is 11.7 Å². The zero-order valence-corrected chi connectivity index (χ0v) is 12.7. The summed E-state index contributed by atoms with van der Waals surface area (Å²) in [6.07, 6.45) is 4.88. The van der Waals surface area contributed by atoms with Crippen LogP contribution in [0.25, 0.3) is 0 Å². The van der Waals surface area contributed by atoms with E-state index in [9.17, 15) is 4.79 Å². The first-order valence-corrected chi connectivity index (χ1v) is 8.52. The molecule has 0 aromatic carbocycles. The number of nitriles is 1. The third-order valence-electron chi connectivity index (χ3n) is 4.07. The summed E-state index contributed by atoms with van der Waals surface area (Å²) in [7, 11) is 0. The quantitative estimate of drug-likeness (QED) is 0.924. The Labute approximate surface area is 128 Å². The van der Waals surface area contributed by atoms with Crippen LogP contribution in [0.5, 0.6) is 0 Å². The fourth-order valence-electron chi connectivity index (χ4n) is 2.91. The zero-order valence-electron chi connectivity index (χ0n) is 11.9. The minimum Gasteiger partial charge on any atom is -0.376 e. The summed E-state index contributed by atoms with van der Waals surface area (Å²) in [5.74, 6) is 2.08. The molecule has 0 aliphatic carbocycles. The molecule has 1 aromatic heterocycles. The van der Waals surface area contributed by atoms with Gasteiger partial charge in [-0.3, -0.25) is 4.79 Å². The van der Waals surface area contributed by atoms with E-state index in [1.807, 2.05) is 16.7 Å². The molecule has 2 aliphatic heterocycles. The number of nitrogens with one attached hydrogen (secondary N) is 1. The Morgan fingerprint density at radius 1 is 1.57 bits per heavy atom. The van der Waals surface area contributed by atoms with E-state index >= 15 is 0 Å². The van der Waals surface area contributed by atoms with Crippen molar-refractivity contribution in [1.82, 2.24) is 9.88 Å². The van der Waals surface area contributed by atoms with Crippen LogP contribution in [0.4, 0.5) is 0 Å². The molecule has 1 N–H and O–H groups in total. The number of carbonyl (C=O) groups is 1. The lowest BCUT2D eigenvalue weighted by Crippen LogP contribution is -2.44. The Bertz CT molecular complexity index is 539. The highest BCUT2D eigenvalue weighted by Gasteiger charge is 2.31. The van der Waals surface area contributed by atoms with Crippen molar-refractivity contribution in [2.75, 3.05) is 24.7 Å². The summed E-state index contributed by atoms with van der Waals surface area (Å²) in [5.41, 5.74) is 0.998. The number of H-pyrrole nitrogens is 1.